The molecule has 9 aliphatic rings. The van der Waals surface area contributed by atoms with E-state index >= 15 is 0 Å². The van der Waals surface area contributed by atoms with Crippen molar-refractivity contribution in [2.24, 2.45) is 46.8 Å². The van der Waals surface area contributed by atoms with Crippen LogP contribution < -0.4 is 5.32 Å². The molecule has 9 fully saturated rings. The minimum absolute atomic E-state index is 0.0296. The van der Waals surface area contributed by atoms with Gasteiger partial charge in [-0.2, -0.15) is 5.26 Å². The van der Waals surface area contributed by atoms with E-state index in [-0.39, 0.29) is 35.5 Å². The Morgan fingerprint density at radius 1 is 1.15 bits per heavy atom. The summed E-state index contributed by atoms with van der Waals surface area (Å²) in [6, 6.07) is 10.3. The summed E-state index contributed by atoms with van der Waals surface area (Å²) in [5.74, 6) is 0.603. The molecule has 5 unspecified atom stereocenters. The van der Waals surface area contributed by atoms with Gasteiger partial charge in [0, 0.05) is 30.6 Å². The highest BCUT2D eigenvalue weighted by molar-refractivity contribution is 6.48. The Hall–Kier alpha value is -3.11. The molecule has 2 amide bonds. The van der Waals surface area contributed by atoms with Crippen LogP contribution in [0, 0.1) is 58.2 Å². The first kappa shape index (κ1) is 34.6. The Kier molecular flexibility index (Phi) is 7.96. The van der Waals surface area contributed by atoms with Crippen LogP contribution in [0.3, 0.4) is 0 Å². The van der Waals surface area contributed by atoms with Crippen LogP contribution >= 0.6 is 0 Å². The monoisotopic (exact) mass is 712 g/mol. The molecular formula is C40H53BN4O7. The predicted molar refractivity (Wildman–Crippen MR) is 193 cm³/mol. The number of furan rings is 1. The lowest BCUT2D eigenvalue weighted by atomic mass is 9.43. The first-order valence-electron chi connectivity index (χ1n) is 19.5. The van der Waals surface area contributed by atoms with E-state index in [0.29, 0.717) is 55.8 Å². The molecule has 5 heterocycles. The number of hydrogen-bond acceptors (Lipinski definition) is 9. The van der Waals surface area contributed by atoms with Crippen LogP contribution in [0.15, 0.2) is 34.9 Å². The molecule has 52 heavy (non-hydrogen) atoms. The van der Waals surface area contributed by atoms with Gasteiger partial charge in [-0.1, -0.05) is 39.0 Å². The molecule has 278 valence electrons. The van der Waals surface area contributed by atoms with E-state index in [4.69, 9.17) is 23.2 Å². The van der Waals surface area contributed by atoms with E-state index in [1.54, 1.807) is 6.26 Å². The lowest BCUT2D eigenvalue weighted by molar-refractivity contribution is -0.199. The lowest BCUT2D eigenvalue weighted by Gasteiger charge is -2.64. The zero-order valence-electron chi connectivity index (χ0n) is 31.4. The first-order chi connectivity index (χ1) is 24.8. The zero-order valence-corrected chi connectivity index (χ0v) is 31.4. The maximum atomic E-state index is 14.1. The largest absolute Gasteiger partial charge is 0.482 e. The maximum Gasteiger partial charge on any atom is 0.482 e. The third-order valence-corrected chi connectivity index (χ3v) is 15.1. The van der Waals surface area contributed by atoms with E-state index in [0.717, 1.165) is 48.9 Å². The number of piperidine rings is 1. The highest BCUT2D eigenvalue weighted by Gasteiger charge is 2.92. The molecule has 4 bridgehead atoms. The topological polar surface area (TPSA) is 127 Å². The molecule has 4 saturated heterocycles. The summed E-state index contributed by atoms with van der Waals surface area (Å²) in [7, 11) is -0.646. The van der Waals surface area contributed by atoms with E-state index < -0.39 is 36.2 Å². The third kappa shape index (κ3) is 5.12. The quantitative estimate of drug-likeness (QED) is 0.318. The molecule has 5 saturated carbocycles. The Bertz CT molecular complexity index is 1790. The molecule has 0 radical (unpaired) electrons. The van der Waals surface area contributed by atoms with Crippen LogP contribution in [0.5, 0.6) is 0 Å². The molecule has 1 aromatic heterocycles. The highest BCUT2D eigenvalue weighted by atomic mass is 16.7. The Morgan fingerprint density at radius 3 is 2.63 bits per heavy atom. The van der Waals surface area contributed by atoms with Crippen LogP contribution in [-0.4, -0.2) is 97.1 Å². The number of benzene rings is 1. The number of fused-ring (bicyclic) bond motifs is 2. The highest BCUT2D eigenvalue weighted by Crippen LogP contribution is 2.83. The van der Waals surface area contributed by atoms with E-state index in [1.165, 1.54) is 0 Å². The van der Waals surface area contributed by atoms with Crippen LogP contribution in [0.1, 0.15) is 66.4 Å². The number of alkyl carbamates (subject to hydrolysis) is 1. The van der Waals surface area contributed by atoms with Crippen molar-refractivity contribution in [1.29, 1.82) is 5.26 Å². The summed E-state index contributed by atoms with van der Waals surface area (Å²) in [5, 5.41) is 14.4. The number of amides is 2. The van der Waals surface area contributed by atoms with Gasteiger partial charge in [-0.15, -0.1) is 0 Å². The van der Waals surface area contributed by atoms with Crippen LogP contribution in [0.25, 0.3) is 11.0 Å². The summed E-state index contributed by atoms with van der Waals surface area (Å²) in [4.78, 5) is 32.2. The SMILES string of the molecule is CC(CC(C)(C)N1CCOCC1)C(C#N)C(=O)N1CC2C3[C@@H]2C31COC(=O)N[C@@H](Cc1coc2ccccc12)B1O[C@@H]2C[C@@H]3C[C@@H](C3(C)C)[C@]2(C)O1. The first-order valence-corrected chi connectivity index (χ1v) is 19.5. The minimum Gasteiger partial charge on any atom is -0.464 e. The average Bonchev–Trinajstić information content (AvgIpc) is 3.70. The normalized spacial score (nSPS) is 36.9. The number of ether oxygens (including phenoxy) is 2. The number of morpholine rings is 1. The molecule has 1 N–H and O–H groups in total. The molecule has 11 atom stereocenters. The zero-order chi connectivity index (χ0) is 36.4. The molecule has 0 spiro atoms. The molecule has 11 rings (SSSR count). The molecule has 11 nitrogen and oxygen atoms in total. The van der Waals surface area contributed by atoms with Crippen LogP contribution in [0.2, 0.25) is 0 Å². The van der Waals surface area contributed by atoms with Gasteiger partial charge in [0.1, 0.15) is 18.1 Å². The fraction of sp³-hybridized carbons (Fsp3) is 0.725. The van der Waals surface area contributed by atoms with E-state index in [9.17, 15) is 14.9 Å². The Morgan fingerprint density at radius 2 is 1.90 bits per heavy atom. The second kappa shape index (κ2) is 11.9. The average molecular weight is 713 g/mol. The van der Waals surface area contributed by atoms with Gasteiger partial charge < -0.3 is 33.4 Å². The summed E-state index contributed by atoms with van der Waals surface area (Å²) >= 11 is 0. The Labute approximate surface area is 307 Å². The number of para-hydroxylation sites is 1. The van der Waals surface area contributed by atoms with Crippen LogP contribution in [-0.2, 0) is 30.0 Å². The van der Waals surface area contributed by atoms with Crippen molar-refractivity contribution in [2.75, 3.05) is 39.5 Å². The maximum absolute atomic E-state index is 14.1. The summed E-state index contributed by atoms with van der Waals surface area (Å²) in [6.07, 6.45) is 4.43. The number of nitriles is 1. The van der Waals surface area contributed by atoms with Crippen molar-refractivity contribution < 1.29 is 32.8 Å². The Balaban J connectivity index is 0.880. The van der Waals surface area contributed by atoms with E-state index in [2.05, 4.69) is 50.9 Å². The van der Waals surface area contributed by atoms with Gasteiger partial charge in [-0.3, -0.25) is 9.69 Å². The molecule has 2 aromatic rings. The molecule has 12 heteroatoms. The standard InChI is InChI=1S/C40H53BN4O7/c1-23(18-37(2,3)44-11-13-48-14-12-44)27(19-42)35(46)45-20-28-33-34(28)40(33,45)22-50-36(47)43-32(15-24-21-49-29-10-8-7-9-26(24)29)41-51-31-17-25-16-30(38(25,4)5)39(31,6)52-41/h7-10,21,23,25,27-28,30-34H,11-18,20,22H2,1-6H3,(H,43,47)/t23?,25-,27?,28?,30-,31+,32-,33+,34?,39-,40?/m0/s1. The van der Waals surface area contributed by atoms with Gasteiger partial charge in [-0.25, -0.2) is 4.79 Å². The van der Waals surface area contributed by atoms with Gasteiger partial charge in [0.25, 0.3) is 0 Å². The van der Waals surface area contributed by atoms with Crippen molar-refractivity contribution in [2.45, 2.75) is 95.9 Å². The lowest BCUT2D eigenvalue weighted by Crippen LogP contribution is -2.65. The smallest absolute Gasteiger partial charge is 0.464 e. The predicted octanol–water partition coefficient (Wildman–Crippen LogP) is 5.07. The van der Waals surface area contributed by atoms with Crippen molar-refractivity contribution in [3.63, 3.8) is 0 Å². The van der Waals surface area contributed by atoms with Gasteiger partial charge in [0.2, 0.25) is 5.91 Å². The van der Waals surface area contributed by atoms with Gasteiger partial charge in [0.05, 0.1) is 48.7 Å². The summed E-state index contributed by atoms with van der Waals surface area (Å²) in [5.41, 5.74) is 0.860. The third-order valence-electron chi connectivity index (χ3n) is 15.1. The van der Waals surface area contributed by atoms with Gasteiger partial charge in [-0.05, 0) is 99.0 Å². The van der Waals surface area contributed by atoms with Crippen LogP contribution in [0.4, 0.5) is 4.79 Å². The number of hydrogen-bond donors (Lipinski definition) is 1. The number of nitrogens with zero attached hydrogens (tertiary/aromatic N) is 3. The van der Waals surface area contributed by atoms with Gasteiger partial charge in [0.15, 0.2) is 0 Å². The number of rotatable bonds is 11. The molecule has 4 aliphatic heterocycles. The number of nitrogens with one attached hydrogen (secondary N) is 1. The van der Waals surface area contributed by atoms with Crippen molar-refractivity contribution in [1.82, 2.24) is 15.1 Å². The summed E-state index contributed by atoms with van der Waals surface area (Å²) < 4.78 is 30.9. The number of carbonyl (C=O) groups is 2. The number of carbonyl (C=O) groups excluding carboxylic acids is 2. The van der Waals surface area contributed by atoms with Crippen molar-refractivity contribution in [3.05, 3.63) is 36.1 Å². The fourth-order valence-corrected chi connectivity index (χ4v) is 11.9. The molecule has 5 aliphatic carbocycles. The van der Waals surface area contributed by atoms with E-state index in [1.807, 2.05) is 36.1 Å². The molecular weight excluding hydrogens is 659 g/mol. The minimum atomic E-state index is -0.753. The summed E-state index contributed by atoms with van der Waals surface area (Å²) in [6.45, 7) is 17.1. The second-order valence-corrected chi connectivity index (χ2v) is 18.5. The van der Waals surface area contributed by atoms with Crippen molar-refractivity contribution >= 4 is 30.1 Å². The second-order valence-electron chi connectivity index (χ2n) is 18.5. The fourth-order valence-electron chi connectivity index (χ4n) is 11.9. The molecule has 1 aromatic carbocycles. The van der Waals surface area contributed by atoms with Gasteiger partial charge >= 0.3 is 13.2 Å². The van der Waals surface area contributed by atoms with Crippen molar-refractivity contribution in [3.8, 4) is 6.07 Å².